The van der Waals surface area contributed by atoms with E-state index in [-0.39, 0.29) is 11.5 Å². The average molecular weight is 280 g/mol. The summed E-state index contributed by atoms with van der Waals surface area (Å²) in [4.78, 5) is 36.9. The van der Waals surface area contributed by atoms with E-state index in [0.717, 1.165) is 6.07 Å². The Labute approximate surface area is 115 Å². The van der Waals surface area contributed by atoms with E-state index in [9.17, 15) is 19.7 Å². The zero-order chi connectivity index (χ0) is 15.3. The summed E-state index contributed by atoms with van der Waals surface area (Å²) < 4.78 is 0. The summed E-state index contributed by atoms with van der Waals surface area (Å²) in [5.74, 6) is -0.891. The third-order valence-electron chi connectivity index (χ3n) is 2.29. The summed E-state index contributed by atoms with van der Waals surface area (Å²) >= 11 is 0. The van der Waals surface area contributed by atoms with Gasteiger partial charge in [-0.2, -0.15) is 0 Å². The molecule has 0 bridgehead atoms. The Bertz CT molecular complexity index is 542. The lowest BCUT2D eigenvalue weighted by Crippen LogP contribution is -2.40. The van der Waals surface area contributed by atoms with Crippen molar-refractivity contribution in [1.29, 1.82) is 0 Å². The number of urea groups is 1. The number of imide groups is 1. The molecule has 0 aliphatic carbocycles. The number of hydrogen-bond acceptors (Lipinski definition) is 5. The van der Waals surface area contributed by atoms with Crippen LogP contribution >= 0.6 is 0 Å². The maximum Gasteiger partial charge on any atom is 0.364 e. The predicted octanol–water partition coefficient (Wildman–Crippen LogP) is 1.39. The largest absolute Gasteiger partial charge is 0.364 e. The van der Waals surface area contributed by atoms with Crippen LogP contribution in [0.25, 0.3) is 0 Å². The first kappa shape index (κ1) is 15.5. The first-order valence-electron chi connectivity index (χ1n) is 6.02. The third-order valence-corrected chi connectivity index (χ3v) is 2.29. The second kappa shape index (κ2) is 6.60. The first-order chi connectivity index (χ1) is 9.29. The number of nitrogens with one attached hydrogen (secondary N) is 2. The van der Waals surface area contributed by atoms with Crippen molar-refractivity contribution >= 4 is 17.8 Å². The second-order valence-corrected chi connectivity index (χ2v) is 4.67. The molecule has 1 aromatic heterocycles. The van der Waals surface area contributed by atoms with E-state index in [2.05, 4.69) is 15.6 Å². The monoisotopic (exact) mass is 280 g/mol. The molecule has 0 aliphatic heterocycles. The average Bonchev–Trinajstić information content (AvgIpc) is 2.35. The van der Waals surface area contributed by atoms with Crippen molar-refractivity contribution in [2.24, 2.45) is 5.92 Å². The fraction of sp³-hybridized carbons (Fsp3) is 0.417. The molecule has 0 saturated carbocycles. The molecule has 2 N–H and O–H groups in total. The minimum absolute atomic E-state index is 0.0175. The number of carbonyl (C=O) groups is 2. The van der Waals surface area contributed by atoms with Gasteiger partial charge < -0.3 is 15.4 Å². The molecule has 3 amide bonds. The van der Waals surface area contributed by atoms with E-state index in [1.807, 2.05) is 13.8 Å². The molecular weight excluding hydrogens is 264 g/mol. The van der Waals surface area contributed by atoms with E-state index in [1.165, 1.54) is 13.0 Å². The molecule has 1 heterocycles. The minimum Gasteiger partial charge on any atom is -0.358 e. The number of amides is 3. The molecule has 0 fully saturated rings. The second-order valence-electron chi connectivity index (χ2n) is 4.67. The van der Waals surface area contributed by atoms with Crippen LogP contribution in [-0.4, -0.2) is 28.4 Å². The zero-order valence-corrected chi connectivity index (χ0v) is 11.5. The summed E-state index contributed by atoms with van der Waals surface area (Å²) in [6.45, 7) is 5.78. The van der Waals surface area contributed by atoms with Gasteiger partial charge in [0.25, 0.3) is 5.91 Å². The topological polar surface area (TPSA) is 114 Å². The molecule has 108 valence electrons. The highest BCUT2D eigenvalue weighted by Crippen LogP contribution is 2.12. The van der Waals surface area contributed by atoms with Gasteiger partial charge in [-0.05, 0) is 21.9 Å². The van der Waals surface area contributed by atoms with Crippen molar-refractivity contribution in [1.82, 2.24) is 15.6 Å². The van der Waals surface area contributed by atoms with E-state index < -0.39 is 22.7 Å². The SMILES string of the molecule is Cc1cc(C(=O)NC(=O)NCC(C)C)cc([N+](=O)[O-])n1. The maximum atomic E-state index is 11.8. The Hall–Kier alpha value is -2.51. The van der Waals surface area contributed by atoms with Crippen LogP contribution in [0.4, 0.5) is 10.6 Å². The van der Waals surface area contributed by atoms with Gasteiger partial charge in [-0.3, -0.25) is 10.1 Å². The van der Waals surface area contributed by atoms with Gasteiger partial charge in [0.1, 0.15) is 0 Å². The van der Waals surface area contributed by atoms with E-state index in [0.29, 0.717) is 12.2 Å². The molecule has 0 radical (unpaired) electrons. The van der Waals surface area contributed by atoms with Gasteiger partial charge in [0.15, 0.2) is 5.69 Å². The number of carbonyl (C=O) groups excluding carboxylic acids is 2. The van der Waals surface area contributed by atoms with Crippen molar-refractivity contribution in [3.63, 3.8) is 0 Å². The Morgan fingerprint density at radius 2 is 2.05 bits per heavy atom. The molecule has 0 aliphatic rings. The number of pyridine rings is 1. The van der Waals surface area contributed by atoms with Crippen LogP contribution < -0.4 is 10.6 Å². The zero-order valence-electron chi connectivity index (χ0n) is 11.5. The summed E-state index contributed by atoms with van der Waals surface area (Å²) in [6, 6.07) is 1.76. The number of aromatic nitrogens is 1. The van der Waals surface area contributed by atoms with Gasteiger partial charge in [-0.1, -0.05) is 13.8 Å². The lowest BCUT2D eigenvalue weighted by atomic mass is 10.2. The fourth-order valence-corrected chi connectivity index (χ4v) is 1.39. The van der Waals surface area contributed by atoms with Crippen molar-refractivity contribution in [3.8, 4) is 0 Å². The highest BCUT2D eigenvalue weighted by Gasteiger charge is 2.17. The standard InChI is InChI=1S/C12H16N4O4/c1-7(2)6-13-12(18)15-11(17)9-4-8(3)14-10(5-9)16(19)20/h4-5,7H,6H2,1-3H3,(H2,13,15,17,18). The third kappa shape index (κ3) is 4.63. The van der Waals surface area contributed by atoms with Crippen molar-refractivity contribution in [3.05, 3.63) is 33.5 Å². The summed E-state index contributed by atoms with van der Waals surface area (Å²) in [5.41, 5.74) is 0.343. The van der Waals surface area contributed by atoms with E-state index in [1.54, 1.807) is 0 Å². The van der Waals surface area contributed by atoms with Gasteiger partial charge in [-0.25, -0.2) is 4.79 Å². The van der Waals surface area contributed by atoms with Gasteiger partial charge >= 0.3 is 11.8 Å². The van der Waals surface area contributed by atoms with E-state index >= 15 is 0 Å². The van der Waals surface area contributed by atoms with E-state index in [4.69, 9.17) is 0 Å². The Morgan fingerprint density at radius 3 is 2.60 bits per heavy atom. The quantitative estimate of drug-likeness (QED) is 0.639. The van der Waals surface area contributed by atoms with Gasteiger partial charge in [0.2, 0.25) is 0 Å². The minimum atomic E-state index is -0.708. The van der Waals surface area contributed by atoms with Crippen LogP contribution in [0.5, 0.6) is 0 Å². The normalized spacial score (nSPS) is 10.2. The van der Waals surface area contributed by atoms with Crippen molar-refractivity contribution < 1.29 is 14.5 Å². The number of rotatable bonds is 4. The number of hydrogen-bond donors (Lipinski definition) is 2. The molecule has 0 saturated heterocycles. The molecule has 1 rings (SSSR count). The smallest absolute Gasteiger partial charge is 0.358 e. The number of aryl methyl sites for hydroxylation is 1. The molecule has 0 aromatic carbocycles. The van der Waals surface area contributed by atoms with Crippen LogP contribution in [0, 0.1) is 23.0 Å². The first-order valence-corrected chi connectivity index (χ1v) is 6.02. The maximum absolute atomic E-state index is 11.8. The molecule has 8 heteroatoms. The van der Waals surface area contributed by atoms with Crippen molar-refractivity contribution in [2.75, 3.05) is 6.54 Å². The van der Waals surface area contributed by atoms with Gasteiger partial charge in [0.05, 0.1) is 5.56 Å². The van der Waals surface area contributed by atoms with Crippen LogP contribution in [0.2, 0.25) is 0 Å². The Morgan fingerprint density at radius 1 is 1.40 bits per heavy atom. The van der Waals surface area contributed by atoms with Gasteiger partial charge in [-0.15, -0.1) is 0 Å². The fourth-order valence-electron chi connectivity index (χ4n) is 1.39. The van der Waals surface area contributed by atoms with Crippen LogP contribution in [0.1, 0.15) is 29.9 Å². The summed E-state index contributed by atoms with van der Waals surface area (Å²) in [6.07, 6.45) is 0. The lowest BCUT2D eigenvalue weighted by molar-refractivity contribution is -0.389. The molecule has 0 unspecified atom stereocenters. The lowest BCUT2D eigenvalue weighted by Gasteiger charge is -2.08. The summed E-state index contributed by atoms with van der Waals surface area (Å²) in [5, 5.41) is 15.3. The van der Waals surface area contributed by atoms with Crippen molar-refractivity contribution in [2.45, 2.75) is 20.8 Å². The Kier molecular flexibility index (Phi) is 5.13. The van der Waals surface area contributed by atoms with Crippen LogP contribution in [0.3, 0.4) is 0 Å². The summed E-state index contributed by atoms with van der Waals surface area (Å²) in [7, 11) is 0. The van der Waals surface area contributed by atoms with Gasteiger partial charge in [0, 0.05) is 19.5 Å². The molecular formula is C12H16N4O4. The molecule has 20 heavy (non-hydrogen) atoms. The van der Waals surface area contributed by atoms with Crippen LogP contribution in [-0.2, 0) is 0 Å². The highest BCUT2D eigenvalue weighted by molar-refractivity contribution is 6.04. The molecule has 0 spiro atoms. The molecule has 0 atom stereocenters. The molecule has 8 nitrogen and oxygen atoms in total. The predicted molar refractivity (Wildman–Crippen MR) is 71.3 cm³/mol. The van der Waals surface area contributed by atoms with Crippen LogP contribution in [0.15, 0.2) is 12.1 Å². The Balaban J connectivity index is 2.77. The number of nitro groups is 1. The highest BCUT2D eigenvalue weighted by atomic mass is 16.6. The molecule has 1 aromatic rings. The number of nitrogens with zero attached hydrogens (tertiary/aromatic N) is 2.